The van der Waals surface area contributed by atoms with E-state index in [1.54, 1.807) is 0 Å². The third-order valence-electron chi connectivity index (χ3n) is 2.58. The molecule has 2 rings (SSSR count). The third-order valence-corrected chi connectivity index (χ3v) is 2.58. The van der Waals surface area contributed by atoms with E-state index in [1.165, 1.54) is 17.5 Å². The predicted molar refractivity (Wildman–Crippen MR) is 49.8 cm³/mol. The molecule has 1 N–H and O–H groups in total. The average Bonchev–Trinajstić information content (AvgIpc) is 2.51. The van der Waals surface area contributed by atoms with Gasteiger partial charge in [-0.2, -0.15) is 0 Å². The van der Waals surface area contributed by atoms with Gasteiger partial charge in [-0.25, -0.2) is 0 Å². The zero-order valence-corrected chi connectivity index (χ0v) is 7.42. The molecule has 1 aliphatic rings. The van der Waals surface area contributed by atoms with Crippen LogP contribution in [0.1, 0.15) is 23.1 Å². The van der Waals surface area contributed by atoms with E-state index < -0.39 is 5.97 Å². The number of benzene rings is 1. The maximum Gasteiger partial charge on any atom is 0.307 e. The van der Waals surface area contributed by atoms with Crippen LogP contribution in [0.2, 0.25) is 0 Å². The first-order valence-corrected chi connectivity index (χ1v) is 4.59. The van der Waals surface area contributed by atoms with Crippen LogP contribution in [0.3, 0.4) is 0 Å². The lowest BCUT2D eigenvalue weighted by Gasteiger charge is -2.04. The van der Waals surface area contributed by atoms with Crippen LogP contribution in [-0.2, 0) is 24.1 Å². The minimum atomic E-state index is -0.736. The minimum absolute atomic E-state index is 0.170. The van der Waals surface area contributed by atoms with Crippen molar-refractivity contribution in [3.8, 4) is 0 Å². The zero-order valence-electron chi connectivity index (χ0n) is 7.42. The summed E-state index contributed by atoms with van der Waals surface area (Å²) in [6.07, 6.45) is 3.51. The number of rotatable bonds is 2. The summed E-state index contributed by atoms with van der Waals surface area (Å²) in [5.41, 5.74) is 3.63. The highest BCUT2D eigenvalue weighted by atomic mass is 16.4. The first-order chi connectivity index (χ1) is 6.27. The molecule has 0 bridgehead atoms. The first kappa shape index (κ1) is 8.30. The SMILES string of the molecule is O=C(O)Cc1cccc2c1CCC2. The fourth-order valence-corrected chi connectivity index (χ4v) is 2.03. The summed E-state index contributed by atoms with van der Waals surface area (Å²) in [6.45, 7) is 0. The van der Waals surface area contributed by atoms with Crippen LogP contribution in [0.15, 0.2) is 18.2 Å². The van der Waals surface area contributed by atoms with Gasteiger partial charge in [0.1, 0.15) is 0 Å². The van der Waals surface area contributed by atoms with Gasteiger partial charge in [-0.05, 0) is 36.0 Å². The molecule has 1 aromatic rings. The van der Waals surface area contributed by atoms with Crippen molar-refractivity contribution in [3.63, 3.8) is 0 Å². The summed E-state index contributed by atoms with van der Waals surface area (Å²) in [6, 6.07) is 5.99. The van der Waals surface area contributed by atoms with Crippen LogP contribution in [-0.4, -0.2) is 11.1 Å². The lowest BCUT2D eigenvalue weighted by atomic mass is 10.0. The molecule has 68 valence electrons. The minimum Gasteiger partial charge on any atom is -0.481 e. The second-order valence-electron chi connectivity index (χ2n) is 3.48. The van der Waals surface area contributed by atoms with Crippen LogP contribution in [0.5, 0.6) is 0 Å². The second kappa shape index (κ2) is 3.21. The normalized spacial score (nSPS) is 14.2. The first-order valence-electron chi connectivity index (χ1n) is 4.59. The maximum absolute atomic E-state index is 10.6. The average molecular weight is 176 g/mol. The maximum atomic E-state index is 10.6. The highest BCUT2D eigenvalue weighted by molar-refractivity contribution is 5.71. The molecule has 0 aromatic heterocycles. The molecule has 0 saturated heterocycles. The second-order valence-corrected chi connectivity index (χ2v) is 3.48. The number of hydrogen-bond acceptors (Lipinski definition) is 1. The molecule has 2 nitrogen and oxygen atoms in total. The monoisotopic (exact) mass is 176 g/mol. The fourth-order valence-electron chi connectivity index (χ4n) is 2.03. The van der Waals surface area contributed by atoms with Gasteiger partial charge in [-0.3, -0.25) is 4.79 Å². The fraction of sp³-hybridized carbons (Fsp3) is 0.364. The number of carbonyl (C=O) groups is 1. The van der Waals surface area contributed by atoms with Gasteiger partial charge in [0.15, 0.2) is 0 Å². The highest BCUT2D eigenvalue weighted by Crippen LogP contribution is 2.25. The van der Waals surface area contributed by atoms with Crippen LogP contribution < -0.4 is 0 Å². The van der Waals surface area contributed by atoms with E-state index in [4.69, 9.17) is 5.11 Å². The third kappa shape index (κ3) is 1.57. The van der Waals surface area contributed by atoms with E-state index in [0.29, 0.717) is 0 Å². The van der Waals surface area contributed by atoms with E-state index in [1.807, 2.05) is 12.1 Å². The van der Waals surface area contributed by atoms with Crippen molar-refractivity contribution >= 4 is 5.97 Å². The smallest absolute Gasteiger partial charge is 0.307 e. The molecule has 0 saturated carbocycles. The van der Waals surface area contributed by atoms with E-state index >= 15 is 0 Å². The molecule has 0 fully saturated rings. The zero-order chi connectivity index (χ0) is 9.26. The van der Waals surface area contributed by atoms with Crippen LogP contribution in [0.25, 0.3) is 0 Å². The van der Waals surface area contributed by atoms with Crippen molar-refractivity contribution in [1.29, 1.82) is 0 Å². The summed E-state index contributed by atoms with van der Waals surface area (Å²) < 4.78 is 0. The molecule has 0 radical (unpaired) electrons. The number of aliphatic carboxylic acids is 1. The number of hydrogen-bond donors (Lipinski definition) is 1. The molecule has 1 aliphatic carbocycles. The van der Waals surface area contributed by atoms with E-state index in [0.717, 1.165) is 18.4 Å². The summed E-state index contributed by atoms with van der Waals surface area (Å²) >= 11 is 0. The molecule has 0 atom stereocenters. The Labute approximate surface area is 77.2 Å². The Kier molecular flexibility index (Phi) is 2.05. The number of fused-ring (bicyclic) bond motifs is 1. The lowest BCUT2D eigenvalue weighted by molar-refractivity contribution is -0.136. The van der Waals surface area contributed by atoms with Gasteiger partial charge >= 0.3 is 5.97 Å². The van der Waals surface area contributed by atoms with Gasteiger partial charge in [0.25, 0.3) is 0 Å². The van der Waals surface area contributed by atoms with Crippen molar-refractivity contribution in [2.45, 2.75) is 25.7 Å². The van der Waals surface area contributed by atoms with E-state index in [-0.39, 0.29) is 6.42 Å². The standard InChI is InChI=1S/C11H12O2/c12-11(13)7-9-5-1-3-8-4-2-6-10(8)9/h1,3,5H,2,4,6-7H2,(H,12,13). The Morgan fingerprint density at radius 1 is 1.38 bits per heavy atom. The molecular weight excluding hydrogens is 164 g/mol. The van der Waals surface area contributed by atoms with Crippen molar-refractivity contribution in [1.82, 2.24) is 0 Å². The summed E-state index contributed by atoms with van der Waals surface area (Å²) in [7, 11) is 0. The van der Waals surface area contributed by atoms with Crippen LogP contribution >= 0.6 is 0 Å². The van der Waals surface area contributed by atoms with E-state index in [2.05, 4.69) is 6.07 Å². The van der Waals surface area contributed by atoms with Crippen molar-refractivity contribution in [2.75, 3.05) is 0 Å². The largest absolute Gasteiger partial charge is 0.481 e. The van der Waals surface area contributed by atoms with Crippen molar-refractivity contribution < 1.29 is 9.90 Å². The molecule has 0 unspecified atom stereocenters. The molecule has 2 heteroatoms. The Bertz CT molecular complexity index is 342. The summed E-state index contributed by atoms with van der Waals surface area (Å²) in [4.78, 5) is 10.6. The van der Waals surface area contributed by atoms with Crippen LogP contribution in [0.4, 0.5) is 0 Å². The number of carboxylic acids is 1. The Morgan fingerprint density at radius 2 is 2.23 bits per heavy atom. The van der Waals surface area contributed by atoms with Crippen molar-refractivity contribution in [2.24, 2.45) is 0 Å². The predicted octanol–water partition coefficient (Wildman–Crippen LogP) is 1.80. The summed E-state index contributed by atoms with van der Waals surface area (Å²) in [5, 5.41) is 8.70. The molecule has 0 heterocycles. The lowest BCUT2D eigenvalue weighted by Crippen LogP contribution is -2.03. The van der Waals surface area contributed by atoms with Gasteiger partial charge in [0, 0.05) is 0 Å². The Morgan fingerprint density at radius 3 is 3.00 bits per heavy atom. The Balaban J connectivity index is 2.36. The van der Waals surface area contributed by atoms with E-state index in [9.17, 15) is 4.79 Å². The Hall–Kier alpha value is -1.31. The van der Waals surface area contributed by atoms with Gasteiger partial charge in [-0.1, -0.05) is 18.2 Å². The number of aryl methyl sites for hydroxylation is 1. The molecular formula is C11H12O2. The molecule has 0 aliphatic heterocycles. The molecule has 1 aromatic carbocycles. The molecule has 0 spiro atoms. The van der Waals surface area contributed by atoms with Gasteiger partial charge in [0.2, 0.25) is 0 Å². The van der Waals surface area contributed by atoms with Gasteiger partial charge in [-0.15, -0.1) is 0 Å². The van der Waals surface area contributed by atoms with Crippen molar-refractivity contribution in [3.05, 3.63) is 34.9 Å². The highest BCUT2D eigenvalue weighted by Gasteiger charge is 2.15. The molecule has 13 heavy (non-hydrogen) atoms. The van der Waals surface area contributed by atoms with Crippen LogP contribution in [0, 0.1) is 0 Å². The quantitative estimate of drug-likeness (QED) is 0.746. The van der Waals surface area contributed by atoms with Gasteiger partial charge < -0.3 is 5.11 Å². The molecule has 0 amide bonds. The van der Waals surface area contributed by atoms with Gasteiger partial charge in [0.05, 0.1) is 6.42 Å². The topological polar surface area (TPSA) is 37.3 Å². The summed E-state index contributed by atoms with van der Waals surface area (Å²) in [5.74, 6) is -0.736. The number of carboxylic acid groups (broad SMARTS) is 1.